The van der Waals surface area contributed by atoms with Crippen molar-refractivity contribution in [3.05, 3.63) is 23.7 Å². The van der Waals surface area contributed by atoms with Gasteiger partial charge in [-0.3, -0.25) is 4.79 Å². The van der Waals surface area contributed by atoms with Gasteiger partial charge in [0.2, 0.25) is 5.91 Å². The van der Waals surface area contributed by atoms with E-state index < -0.39 is 0 Å². The molecule has 0 saturated carbocycles. The third-order valence-corrected chi connectivity index (χ3v) is 4.58. The molecule has 19 heavy (non-hydrogen) atoms. The van der Waals surface area contributed by atoms with Gasteiger partial charge < -0.3 is 10.2 Å². The Bertz CT molecular complexity index is 595. The van der Waals surface area contributed by atoms with Crippen LogP contribution in [0.3, 0.4) is 0 Å². The highest BCUT2D eigenvalue weighted by Gasteiger charge is 2.26. The number of carbonyl (C=O) groups excluding carboxylic acids is 1. The van der Waals surface area contributed by atoms with Crippen LogP contribution in [0.25, 0.3) is 10.1 Å². The van der Waals surface area contributed by atoms with Gasteiger partial charge in [0.15, 0.2) is 0 Å². The second-order valence-electron chi connectivity index (χ2n) is 4.87. The molecule has 4 nitrogen and oxygen atoms in total. The van der Waals surface area contributed by atoms with E-state index >= 15 is 0 Å². The summed E-state index contributed by atoms with van der Waals surface area (Å²) in [6.45, 7) is 1.75. The highest BCUT2D eigenvalue weighted by atomic mass is 32.1. The van der Waals surface area contributed by atoms with Gasteiger partial charge in [0, 0.05) is 36.4 Å². The summed E-state index contributed by atoms with van der Waals surface area (Å²) in [6.07, 6.45) is 3.87. The van der Waals surface area contributed by atoms with Gasteiger partial charge in [0.25, 0.3) is 0 Å². The zero-order valence-electron chi connectivity index (χ0n) is 10.9. The van der Waals surface area contributed by atoms with Gasteiger partial charge in [-0.25, -0.2) is 4.98 Å². The fourth-order valence-corrected chi connectivity index (χ4v) is 3.50. The number of anilines is 1. The number of piperidine rings is 1. The predicted molar refractivity (Wildman–Crippen MR) is 78.6 cm³/mol. The number of hydrogen-bond acceptors (Lipinski definition) is 4. The van der Waals surface area contributed by atoms with Gasteiger partial charge in [-0.05, 0) is 30.4 Å². The molecule has 1 unspecified atom stereocenters. The highest BCUT2D eigenvalue weighted by molar-refractivity contribution is 7.17. The molecule has 1 amide bonds. The lowest BCUT2D eigenvalue weighted by molar-refractivity contribution is -0.124. The Morgan fingerprint density at radius 1 is 1.53 bits per heavy atom. The SMILES string of the molecule is CNC(=O)C1CCCN(c2nccc3sccc23)C1. The van der Waals surface area contributed by atoms with Crippen molar-refractivity contribution >= 4 is 33.1 Å². The van der Waals surface area contributed by atoms with Crippen molar-refractivity contribution in [3.8, 4) is 0 Å². The van der Waals surface area contributed by atoms with Crippen LogP contribution >= 0.6 is 11.3 Å². The van der Waals surface area contributed by atoms with Crippen LogP contribution in [0.2, 0.25) is 0 Å². The fourth-order valence-electron chi connectivity index (χ4n) is 2.72. The molecule has 1 atom stereocenters. The molecule has 0 aliphatic carbocycles. The van der Waals surface area contributed by atoms with E-state index in [2.05, 4.69) is 26.6 Å². The summed E-state index contributed by atoms with van der Waals surface area (Å²) in [7, 11) is 1.71. The summed E-state index contributed by atoms with van der Waals surface area (Å²) in [5, 5.41) is 6.05. The average molecular weight is 275 g/mol. The number of pyridine rings is 1. The van der Waals surface area contributed by atoms with Crippen molar-refractivity contribution in [1.82, 2.24) is 10.3 Å². The van der Waals surface area contributed by atoms with Crippen LogP contribution in [-0.2, 0) is 4.79 Å². The minimum absolute atomic E-state index is 0.0782. The van der Waals surface area contributed by atoms with Crippen LogP contribution in [0, 0.1) is 5.92 Å². The maximum Gasteiger partial charge on any atom is 0.224 e. The molecule has 3 heterocycles. The molecule has 2 aromatic rings. The second kappa shape index (κ2) is 5.17. The summed E-state index contributed by atoms with van der Waals surface area (Å²) >= 11 is 1.73. The number of nitrogens with zero attached hydrogens (tertiary/aromatic N) is 2. The van der Waals surface area contributed by atoms with Crippen molar-refractivity contribution in [1.29, 1.82) is 0 Å². The summed E-state index contributed by atoms with van der Waals surface area (Å²) in [5.41, 5.74) is 0. The normalized spacial score (nSPS) is 19.6. The Hall–Kier alpha value is -1.62. The lowest BCUT2D eigenvalue weighted by atomic mass is 9.97. The molecular weight excluding hydrogens is 258 g/mol. The van der Waals surface area contributed by atoms with E-state index in [1.54, 1.807) is 18.4 Å². The number of thiophene rings is 1. The Kier molecular flexibility index (Phi) is 3.38. The van der Waals surface area contributed by atoms with Crippen molar-refractivity contribution in [2.45, 2.75) is 12.8 Å². The Balaban J connectivity index is 1.89. The Morgan fingerprint density at radius 2 is 2.42 bits per heavy atom. The lowest BCUT2D eigenvalue weighted by Crippen LogP contribution is -2.42. The van der Waals surface area contributed by atoms with Crippen LogP contribution in [0.1, 0.15) is 12.8 Å². The molecule has 0 aromatic carbocycles. The van der Waals surface area contributed by atoms with Crippen LogP contribution < -0.4 is 10.2 Å². The summed E-state index contributed by atoms with van der Waals surface area (Å²) < 4.78 is 1.26. The minimum Gasteiger partial charge on any atom is -0.359 e. The molecule has 0 bridgehead atoms. The largest absolute Gasteiger partial charge is 0.359 e. The van der Waals surface area contributed by atoms with Crippen LogP contribution in [0.5, 0.6) is 0 Å². The predicted octanol–water partition coefficient (Wildman–Crippen LogP) is 2.26. The molecule has 5 heteroatoms. The molecule has 1 aliphatic heterocycles. The topological polar surface area (TPSA) is 45.2 Å². The Morgan fingerprint density at radius 3 is 3.26 bits per heavy atom. The first-order valence-electron chi connectivity index (χ1n) is 6.58. The number of rotatable bonds is 2. The maximum absolute atomic E-state index is 11.8. The van der Waals surface area contributed by atoms with E-state index in [-0.39, 0.29) is 11.8 Å². The number of amides is 1. The summed E-state index contributed by atoms with van der Waals surface area (Å²) in [6, 6.07) is 4.16. The summed E-state index contributed by atoms with van der Waals surface area (Å²) in [5.74, 6) is 1.24. The molecular formula is C14H17N3OS. The van der Waals surface area contributed by atoms with Crippen LogP contribution in [0.4, 0.5) is 5.82 Å². The van der Waals surface area contributed by atoms with E-state index in [1.807, 2.05) is 12.3 Å². The molecule has 0 radical (unpaired) electrons. The highest BCUT2D eigenvalue weighted by Crippen LogP contribution is 2.31. The molecule has 100 valence electrons. The van der Waals surface area contributed by atoms with Crippen molar-refractivity contribution < 1.29 is 4.79 Å². The van der Waals surface area contributed by atoms with Gasteiger partial charge in [-0.1, -0.05) is 0 Å². The zero-order chi connectivity index (χ0) is 13.2. The zero-order valence-corrected chi connectivity index (χ0v) is 11.7. The number of carbonyl (C=O) groups is 1. The molecule has 2 aromatic heterocycles. The average Bonchev–Trinajstić information content (AvgIpc) is 2.94. The molecule has 1 N–H and O–H groups in total. The Labute approximate surface area is 116 Å². The van der Waals surface area contributed by atoms with E-state index in [4.69, 9.17) is 0 Å². The molecule has 3 rings (SSSR count). The fraction of sp³-hybridized carbons (Fsp3) is 0.429. The first kappa shape index (κ1) is 12.4. The van der Waals surface area contributed by atoms with Crippen LogP contribution in [0.15, 0.2) is 23.7 Å². The maximum atomic E-state index is 11.8. The van der Waals surface area contributed by atoms with E-state index in [0.29, 0.717) is 0 Å². The number of hydrogen-bond donors (Lipinski definition) is 1. The summed E-state index contributed by atoms with van der Waals surface area (Å²) in [4.78, 5) is 18.6. The van der Waals surface area contributed by atoms with Gasteiger partial charge in [-0.2, -0.15) is 0 Å². The standard InChI is InChI=1S/C14H17N3OS/c1-15-14(18)10-3-2-7-17(9-10)13-11-5-8-19-12(11)4-6-16-13/h4-6,8,10H,2-3,7,9H2,1H3,(H,15,18). The van der Waals surface area contributed by atoms with Crippen molar-refractivity contribution in [3.63, 3.8) is 0 Å². The van der Waals surface area contributed by atoms with Gasteiger partial charge in [-0.15, -0.1) is 11.3 Å². The number of nitrogens with one attached hydrogen (secondary N) is 1. The van der Waals surface area contributed by atoms with Gasteiger partial charge in [0.1, 0.15) is 5.82 Å². The minimum atomic E-state index is 0.0782. The van der Waals surface area contributed by atoms with Gasteiger partial charge in [0.05, 0.1) is 5.92 Å². The third-order valence-electron chi connectivity index (χ3n) is 3.70. The quantitative estimate of drug-likeness (QED) is 0.914. The first-order chi connectivity index (χ1) is 9.29. The molecule has 1 saturated heterocycles. The van der Waals surface area contributed by atoms with E-state index in [0.717, 1.165) is 31.7 Å². The molecule has 0 spiro atoms. The number of fused-ring (bicyclic) bond motifs is 1. The van der Waals surface area contributed by atoms with Gasteiger partial charge >= 0.3 is 0 Å². The smallest absolute Gasteiger partial charge is 0.224 e. The monoisotopic (exact) mass is 275 g/mol. The number of aromatic nitrogens is 1. The van der Waals surface area contributed by atoms with Crippen molar-refractivity contribution in [2.75, 3.05) is 25.0 Å². The van der Waals surface area contributed by atoms with E-state index in [9.17, 15) is 4.79 Å². The second-order valence-corrected chi connectivity index (χ2v) is 5.81. The molecule has 1 fully saturated rings. The first-order valence-corrected chi connectivity index (χ1v) is 7.46. The lowest BCUT2D eigenvalue weighted by Gasteiger charge is -2.33. The van der Waals surface area contributed by atoms with Crippen LogP contribution in [-0.4, -0.2) is 31.0 Å². The van der Waals surface area contributed by atoms with Crippen molar-refractivity contribution in [2.24, 2.45) is 5.92 Å². The third kappa shape index (κ3) is 2.30. The molecule has 1 aliphatic rings. The van der Waals surface area contributed by atoms with E-state index in [1.165, 1.54) is 10.1 Å².